The summed E-state index contributed by atoms with van der Waals surface area (Å²) in [4.78, 5) is 60.6. The maximum Gasteiger partial charge on any atom is 0.317 e. The van der Waals surface area contributed by atoms with E-state index >= 15 is 0 Å². The predicted octanol–water partition coefficient (Wildman–Crippen LogP) is 19.1. The van der Waals surface area contributed by atoms with Crippen LogP contribution < -0.4 is 23.7 Å². The standard InChI is InChI=1S/C16H18O4.4C16H18O3/c1-4-16(2,3)15(19)20-13-7-5-6-11-10(13)8-9-12(17)14(11)18;1-4-16(2,3)15(18)19-13-10-6-8-11-7-5-9-12(17)14(11)13;1-4-16(2,3)15(18)19-14-7-5-6-11-8-9-12(17)10-13(11)14;1-4-16(2,3)15(18)19-14-10-12(17)9-11-7-5-6-8-13(11)14;1-4-16(2,3)15(18)19-14-12-8-6-5-7-11(12)9-10-13(14)17/h5-9,17-18H,4H2,1-3H3;4*5-10,17H,4H2,1-3H3. The van der Waals surface area contributed by atoms with E-state index in [1.54, 1.807) is 84.9 Å². The Morgan fingerprint density at radius 1 is 0.292 bits per heavy atom. The van der Waals surface area contributed by atoms with Crippen LogP contribution in [0.5, 0.6) is 63.2 Å². The number of phenolic OH excluding ortho intramolecular Hbond substituents is 6. The minimum atomic E-state index is -0.568. The summed E-state index contributed by atoms with van der Waals surface area (Å²) >= 11 is 0. The Hall–Kier alpha value is -10.4. The molecule has 0 aliphatic rings. The van der Waals surface area contributed by atoms with Crippen molar-refractivity contribution in [1.29, 1.82) is 0 Å². The van der Waals surface area contributed by atoms with Crippen LogP contribution in [0.3, 0.4) is 0 Å². The normalized spacial score (nSPS) is 11.5. The van der Waals surface area contributed by atoms with E-state index in [0.717, 1.165) is 37.7 Å². The third kappa shape index (κ3) is 18.5. The van der Waals surface area contributed by atoms with Crippen LogP contribution in [0.1, 0.15) is 136 Å². The molecule has 0 saturated carbocycles. The Labute approximate surface area is 561 Å². The second kappa shape index (κ2) is 31.7. The van der Waals surface area contributed by atoms with E-state index in [1.807, 2.05) is 183 Å². The lowest BCUT2D eigenvalue weighted by molar-refractivity contribution is -0.144. The van der Waals surface area contributed by atoms with Gasteiger partial charge in [-0.15, -0.1) is 0 Å². The van der Waals surface area contributed by atoms with Crippen molar-refractivity contribution in [3.63, 3.8) is 0 Å². The number of benzene rings is 10. The first-order chi connectivity index (χ1) is 45.1. The fraction of sp³-hybridized carbons (Fsp3) is 0.312. The van der Waals surface area contributed by atoms with Crippen molar-refractivity contribution in [2.75, 3.05) is 0 Å². The van der Waals surface area contributed by atoms with E-state index in [4.69, 9.17) is 23.7 Å². The van der Waals surface area contributed by atoms with E-state index in [9.17, 15) is 54.6 Å². The maximum atomic E-state index is 12.1. The van der Waals surface area contributed by atoms with Gasteiger partial charge >= 0.3 is 29.8 Å². The molecule has 0 aliphatic heterocycles. The van der Waals surface area contributed by atoms with Gasteiger partial charge in [0.1, 0.15) is 40.2 Å². The van der Waals surface area contributed by atoms with Gasteiger partial charge in [0.25, 0.3) is 0 Å². The third-order valence-corrected chi connectivity index (χ3v) is 17.5. The molecule has 0 bridgehead atoms. The molecule has 0 aromatic heterocycles. The van der Waals surface area contributed by atoms with Crippen LogP contribution in [-0.4, -0.2) is 60.5 Å². The van der Waals surface area contributed by atoms with Crippen molar-refractivity contribution in [3.8, 4) is 63.2 Å². The van der Waals surface area contributed by atoms with Crippen molar-refractivity contribution in [2.24, 2.45) is 27.1 Å². The van der Waals surface area contributed by atoms with Gasteiger partial charge in [-0.25, -0.2) is 0 Å². The van der Waals surface area contributed by atoms with Gasteiger partial charge in [-0.05, 0) is 184 Å². The number of fused-ring (bicyclic) bond motifs is 5. The summed E-state index contributed by atoms with van der Waals surface area (Å²) in [5.74, 6) is 0.378. The average Bonchev–Trinajstić information content (AvgIpc) is 0.857. The molecule has 96 heavy (non-hydrogen) atoms. The largest absolute Gasteiger partial charge is 0.508 e. The molecule has 0 saturated heterocycles. The van der Waals surface area contributed by atoms with Crippen LogP contribution in [0.2, 0.25) is 0 Å². The molecule has 0 amide bonds. The number of aromatic hydroxyl groups is 6. The number of rotatable bonds is 15. The molecule has 0 atom stereocenters. The highest BCUT2D eigenvalue weighted by atomic mass is 16.6. The Balaban J connectivity index is 0.000000190. The van der Waals surface area contributed by atoms with Crippen molar-refractivity contribution in [2.45, 2.75) is 136 Å². The van der Waals surface area contributed by atoms with Gasteiger partial charge in [-0.1, -0.05) is 144 Å². The van der Waals surface area contributed by atoms with Crippen molar-refractivity contribution in [1.82, 2.24) is 0 Å². The van der Waals surface area contributed by atoms with E-state index in [1.165, 1.54) is 12.1 Å². The van der Waals surface area contributed by atoms with Gasteiger partial charge in [-0.2, -0.15) is 0 Å². The van der Waals surface area contributed by atoms with Crippen LogP contribution >= 0.6 is 0 Å². The van der Waals surface area contributed by atoms with E-state index in [2.05, 4.69) is 0 Å². The molecule has 10 aromatic rings. The molecule has 0 aliphatic carbocycles. The maximum absolute atomic E-state index is 12.1. The zero-order valence-corrected chi connectivity index (χ0v) is 57.5. The zero-order valence-electron chi connectivity index (χ0n) is 57.5. The number of esters is 5. The van der Waals surface area contributed by atoms with E-state index in [-0.39, 0.29) is 70.1 Å². The topological polar surface area (TPSA) is 253 Å². The Kier molecular flexibility index (Phi) is 24.7. The monoisotopic (exact) mass is 1310 g/mol. The predicted molar refractivity (Wildman–Crippen MR) is 378 cm³/mol. The molecule has 0 radical (unpaired) electrons. The minimum absolute atomic E-state index is 0.0149. The quantitative estimate of drug-likeness (QED) is 0.0317. The fourth-order valence-electron chi connectivity index (χ4n) is 8.67. The van der Waals surface area contributed by atoms with Crippen molar-refractivity contribution >= 4 is 83.7 Å². The Bertz CT molecular complexity index is 4370. The van der Waals surface area contributed by atoms with Crippen LogP contribution in [0.15, 0.2) is 176 Å². The molecule has 0 heterocycles. The summed E-state index contributed by atoms with van der Waals surface area (Å²) in [6.07, 6.45) is 3.45. The van der Waals surface area contributed by atoms with Crippen LogP contribution in [-0.2, 0) is 24.0 Å². The third-order valence-electron chi connectivity index (χ3n) is 17.5. The van der Waals surface area contributed by atoms with E-state index < -0.39 is 27.1 Å². The number of hydrogen-bond acceptors (Lipinski definition) is 16. The van der Waals surface area contributed by atoms with Crippen molar-refractivity contribution < 1.29 is 78.3 Å². The molecule has 10 rings (SSSR count). The summed E-state index contributed by atoms with van der Waals surface area (Å²) in [7, 11) is 0. The SMILES string of the molecule is CCC(C)(C)C(=O)Oc1c(O)ccc2ccccc12.CCC(C)(C)C(=O)Oc1cc(O)cc2ccccc12.CCC(C)(C)C(=O)Oc1cccc2c(O)c(O)ccc12.CCC(C)(C)C(=O)Oc1cccc2ccc(O)cc12.CCC(C)(C)C(=O)Oc1cccc2cccc(O)c12. The molecule has 0 unspecified atom stereocenters. The first-order valence-electron chi connectivity index (χ1n) is 32.1. The summed E-state index contributed by atoms with van der Waals surface area (Å²) in [6, 6.07) is 50.6. The number of carbonyl (C=O) groups is 5. The number of carbonyl (C=O) groups excluding carboxylic acids is 5. The minimum Gasteiger partial charge on any atom is -0.508 e. The molecular weight excluding hydrogens is 1220 g/mol. The van der Waals surface area contributed by atoms with Gasteiger partial charge in [0.15, 0.2) is 23.0 Å². The van der Waals surface area contributed by atoms with Gasteiger partial charge in [0.2, 0.25) is 0 Å². The summed E-state index contributed by atoms with van der Waals surface area (Å²) in [5.41, 5.74) is -2.72. The van der Waals surface area contributed by atoms with Gasteiger partial charge in [-0.3, -0.25) is 24.0 Å². The highest BCUT2D eigenvalue weighted by Gasteiger charge is 2.32. The lowest BCUT2D eigenvalue weighted by atomic mass is 9.90. The Morgan fingerprint density at radius 2 is 0.677 bits per heavy atom. The second-order valence-corrected chi connectivity index (χ2v) is 26.5. The molecule has 6 N–H and O–H groups in total. The van der Waals surface area contributed by atoms with Gasteiger partial charge in [0.05, 0.1) is 32.5 Å². The number of phenols is 6. The number of ether oxygens (including phenoxy) is 5. The molecule has 16 heteroatoms. The zero-order chi connectivity index (χ0) is 71.1. The smallest absolute Gasteiger partial charge is 0.317 e. The highest BCUT2D eigenvalue weighted by Crippen LogP contribution is 2.41. The van der Waals surface area contributed by atoms with Crippen LogP contribution in [0.25, 0.3) is 53.9 Å². The molecule has 16 nitrogen and oxygen atoms in total. The van der Waals surface area contributed by atoms with Gasteiger partial charge in [0, 0.05) is 33.0 Å². The molecule has 0 fully saturated rings. The lowest BCUT2D eigenvalue weighted by Crippen LogP contribution is -2.28. The average molecular weight is 1310 g/mol. The van der Waals surface area contributed by atoms with Gasteiger partial charge < -0.3 is 54.3 Å². The van der Waals surface area contributed by atoms with Crippen molar-refractivity contribution in [3.05, 3.63) is 176 Å². The summed E-state index contributed by atoms with van der Waals surface area (Å²) < 4.78 is 27.3. The second-order valence-electron chi connectivity index (χ2n) is 26.5. The summed E-state index contributed by atoms with van der Waals surface area (Å²) in [6.45, 7) is 28.1. The lowest BCUT2D eigenvalue weighted by Gasteiger charge is -2.21. The summed E-state index contributed by atoms with van der Waals surface area (Å²) in [5, 5.41) is 65.9. The van der Waals surface area contributed by atoms with Crippen LogP contribution in [0, 0.1) is 27.1 Å². The fourth-order valence-corrected chi connectivity index (χ4v) is 8.67. The Morgan fingerprint density at radius 3 is 1.22 bits per heavy atom. The first kappa shape index (κ1) is 74.7. The first-order valence-corrected chi connectivity index (χ1v) is 32.1. The molecular formula is C80H90O16. The number of hydrogen-bond donors (Lipinski definition) is 6. The highest BCUT2D eigenvalue weighted by molar-refractivity contribution is 5.98. The molecule has 0 spiro atoms. The van der Waals surface area contributed by atoms with Crippen LogP contribution in [0.4, 0.5) is 0 Å². The van der Waals surface area contributed by atoms with E-state index in [0.29, 0.717) is 71.3 Å². The molecule has 10 aromatic carbocycles. The molecule has 506 valence electrons.